The van der Waals surface area contributed by atoms with Gasteiger partial charge in [0.15, 0.2) is 0 Å². The maximum atomic E-state index is 11.9. The summed E-state index contributed by atoms with van der Waals surface area (Å²) in [5.41, 5.74) is 9.69. The minimum Gasteiger partial charge on any atom is -0.356 e. The number of amides is 1. The van der Waals surface area contributed by atoms with E-state index in [0.717, 1.165) is 25.7 Å². The van der Waals surface area contributed by atoms with E-state index in [1.165, 1.54) is 16.7 Å². The molecule has 20 heavy (non-hydrogen) atoms. The quantitative estimate of drug-likeness (QED) is 0.897. The van der Waals surface area contributed by atoms with Gasteiger partial charge in [0.1, 0.15) is 0 Å². The van der Waals surface area contributed by atoms with Crippen molar-refractivity contribution in [2.24, 2.45) is 11.7 Å². The van der Waals surface area contributed by atoms with Crippen LogP contribution >= 0.6 is 12.4 Å². The molecule has 1 aromatic rings. The molecule has 0 heterocycles. The molecule has 2 unspecified atom stereocenters. The van der Waals surface area contributed by atoms with Gasteiger partial charge in [0.05, 0.1) is 0 Å². The average Bonchev–Trinajstić information content (AvgIpc) is 2.74. The van der Waals surface area contributed by atoms with Crippen LogP contribution in [0.25, 0.3) is 0 Å². The predicted octanol–water partition coefficient (Wildman–Crippen LogP) is 2.51. The number of nitrogens with one attached hydrogen (secondary N) is 1. The van der Waals surface area contributed by atoms with Gasteiger partial charge in [-0.25, -0.2) is 0 Å². The number of aryl methyl sites for hydroxylation is 2. The van der Waals surface area contributed by atoms with Crippen LogP contribution < -0.4 is 11.1 Å². The number of hydrogen-bond donors (Lipinski definition) is 2. The first-order valence-corrected chi connectivity index (χ1v) is 7.15. The Bertz CT molecular complexity index is 442. The molecule has 0 saturated heterocycles. The molecular weight excluding hydrogens is 272 g/mol. The average molecular weight is 297 g/mol. The zero-order valence-electron chi connectivity index (χ0n) is 12.3. The van der Waals surface area contributed by atoms with E-state index in [9.17, 15) is 4.79 Å². The molecule has 1 aliphatic rings. The van der Waals surface area contributed by atoms with E-state index in [1.54, 1.807) is 0 Å². The fraction of sp³-hybridized carbons (Fsp3) is 0.562. The van der Waals surface area contributed by atoms with Crippen molar-refractivity contribution >= 4 is 18.3 Å². The molecule has 2 atom stereocenters. The lowest BCUT2D eigenvalue weighted by atomic mass is 10.0. The molecule has 1 saturated carbocycles. The molecule has 3 N–H and O–H groups in total. The van der Waals surface area contributed by atoms with Crippen LogP contribution in [0.2, 0.25) is 0 Å². The number of halogens is 1. The summed E-state index contributed by atoms with van der Waals surface area (Å²) in [6.45, 7) is 4.93. The van der Waals surface area contributed by atoms with Crippen molar-refractivity contribution in [1.82, 2.24) is 5.32 Å². The molecule has 4 heteroatoms. The maximum absolute atomic E-state index is 11.9. The molecule has 0 spiro atoms. The lowest BCUT2D eigenvalue weighted by Gasteiger charge is -2.11. The third-order valence-electron chi connectivity index (χ3n) is 3.84. The van der Waals surface area contributed by atoms with Crippen molar-refractivity contribution in [3.63, 3.8) is 0 Å². The molecule has 1 aromatic carbocycles. The number of hydrogen-bond acceptors (Lipinski definition) is 2. The molecule has 0 radical (unpaired) electrons. The van der Waals surface area contributed by atoms with Crippen molar-refractivity contribution in [2.45, 2.75) is 45.6 Å². The third-order valence-corrected chi connectivity index (χ3v) is 3.84. The molecule has 0 aromatic heterocycles. The van der Waals surface area contributed by atoms with Crippen LogP contribution in [-0.4, -0.2) is 18.5 Å². The Balaban J connectivity index is 0.00000200. The zero-order valence-corrected chi connectivity index (χ0v) is 13.1. The molecule has 3 nitrogen and oxygen atoms in total. The first kappa shape index (κ1) is 17.0. The van der Waals surface area contributed by atoms with Crippen LogP contribution in [0.5, 0.6) is 0 Å². The van der Waals surface area contributed by atoms with E-state index in [4.69, 9.17) is 5.73 Å². The Morgan fingerprint density at radius 2 is 1.90 bits per heavy atom. The van der Waals surface area contributed by atoms with E-state index >= 15 is 0 Å². The van der Waals surface area contributed by atoms with Gasteiger partial charge in [-0.05, 0) is 45.1 Å². The maximum Gasteiger partial charge on any atom is 0.223 e. The first-order valence-electron chi connectivity index (χ1n) is 7.15. The highest BCUT2D eigenvalue weighted by molar-refractivity contribution is 5.85. The number of carbonyl (C=O) groups is 1. The summed E-state index contributed by atoms with van der Waals surface area (Å²) in [5, 5.41) is 3.04. The van der Waals surface area contributed by atoms with Crippen LogP contribution in [0.3, 0.4) is 0 Å². The Kier molecular flexibility index (Phi) is 6.50. The van der Waals surface area contributed by atoms with Crippen molar-refractivity contribution < 1.29 is 4.79 Å². The van der Waals surface area contributed by atoms with E-state index in [1.807, 2.05) is 0 Å². The van der Waals surface area contributed by atoms with Gasteiger partial charge in [-0.1, -0.05) is 29.3 Å². The van der Waals surface area contributed by atoms with Crippen LogP contribution in [0, 0.1) is 19.8 Å². The van der Waals surface area contributed by atoms with Gasteiger partial charge in [0, 0.05) is 18.5 Å². The van der Waals surface area contributed by atoms with E-state index in [-0.39, 0.29) is 30.3 Å². The summed E-state index contributed by atoms with van der Waals surface area (Å²) in [6.07, 6.45) is 3.66. The van der Waals surface area contributed by atoms with Gasteiger partial charge in [0.2, 0.25) is 5.91 Å². The number of benzene rings is 1. The number of nitrogens with two attached hydrogens (primary N) is 1. The van der Waals surface area contributed by atoms with Crippen molar-refractivity contribution in [3.8, 4) is 0 Å². The first-order chi connectivity index (χ1) is 9.04. The molecule has 1 fully saturated rings. The van der Waals surface area contributed by atoms with E-state index in [0.29, 0.717) is 6.54 Å². The fourth-order valence-corrected chi connectivity index (χ4v) is 2.94. The van der Waals surface area contributed by atoms with Crippen molar-refractivity contribution in [3.05, 3.63) is 34.9 Å². The summed E-state index contributed by atoms with van der Waals surface area (Å²) in [7, 11) is 0. The van der Waals surface area contributed by atoms with Crippen molar-refractivity contribution in [1.29, 1.82) is 0 Å². The molecule has 112 valence electrons. The molecular formula is C16H25ClN2O. The summed E-state index contributed by atoms with van der Waals surface area (Å²) < 4.78 is 0. The number of carbonyl (C=O) groups excluding carboxylic acids is 1. The minimum atomic E-state index is 0. The Hall–Kier alpha value is -1.06. The second-order valence-electron chi connectivity index (χ2n) is 5.81. The normalized spacial score (nSPS) is 21.4. The van der Waals surface area contributed by atoms with Gasteiger partial charge >= 0.3 is 0 Å². The lowest BCUT2D eigenvalue weighted by molar-refractivity contribution is -0.124. The summed E-state index contributed by atoms with van der Waals surface area (Å²) in [4.78, 5) is 11.9. The molecule has 0 aliphatic heterocycles. The zero-order chi connectivity index (χ0) is 13.8. The van der Waals surface area contributed by atoms with Crippen LogP contribution in [0.1, 0.15) is 36.0 Å². The molecule has 0 bridgehead atoms. The minimum absolute atomic E-state index is 0. The van der Waals surface area contributed by atoms with Crippen LogP contribution in [0.4, 0.5) is 0 Å². The second-order valence-corrected chi connectivity index (χ2v) is 5.81. The largest absolute Gasteiger partial charge is 0.356 e. The van der Waals surface area contributed by atoms with Gasteiger partial charge in [-0.3, -0.25) is 4.79 Å². The fourth-order valence-electron chi connectivity index (χ4n) is 2.94. The van der Waals surface area contributed by atoms with Gasteiger partial charge in [0.25, 0.3) is 0 Å². The van der Waals surface area contributed by atoms with E-state index in [2.05, 4.69) is 37.4 Å². The lowest BCUT2D eigenvalue weighted by Crippen LogP contribution is -2.31. The molecule has 1 amide bonds. The van der Waals surface area contributed by atoms with Gasteiger partial charge in [-0.2, -0.15) is 0 Å². The highest BCUT2D eigenvalue weighted by Gasteiger charge is 2.27. The number of rotatable bonds is 4. The second kappa shape index (κ2) is 7.65. The third kappa shape index (κ3) is 4.80. The Morgan fingerprint density at radius 3 is 2.45 bits per heavy atom. The molecule has 1 aliphatic carbocycles. The topological polar surface area (TPSA) is 55.1 Å². The summed E-state index contributed by atoms with van der Waals surface area (Å²) in [5.74, 6) is 0.312. The monoisotopic (exact) mass is 296 g/mol. The standard InChI is InChI=1S/C16H24N2O.ClH/c1-11-7-12(2)9-13(8-11)5-6-18-16(19)14-3-4-15(17)10-14;/h7-9,14-15H,3-6,10,17H2,1-2H3,(H,18,19);1H. The van der Waals surface area contributed by atoms with Crippen molar-refractivity contribution in [2.75, 3.05) is 6.54 Å². The SMILES string of the molecule is Cc1cc(C)cc(CCNC(=O)C2CCC(N)C2)c1.Cl. The highest BCUT2D eigenvalue weighted by Crippen LogP contribution is 2.23. The van der Waals surface area contributed by atoms with Gasteiger partial charge in [-0.15, -0.1) is 12.4 Å². The smallest absolute Gasteiger partial charge is 0.223 e. The van der Waals surface area contributed by atoms with Gasteiger partial charge < -0.3 is 11.1 Å². The molecule has 2 rings (SSSR count). The summed E-state index contributed by atoms with van der Waals surface area (Å²) >= 11 is 0. The van der Waals surface area contributed by atoms with E-state index < -0.39 is 0 Å². The van der Waals surface area contributed by atoms with Crippen LogP contribution in [0.15, 0.2) is 18.2 Å². The highest BCUT2D eigenvalue weighted by atomic mass is 35.5. The predicted molar refractivity (Wildman–Crippen MR) is 85.2 cm³/mol. The summed E-state index contributed by atoms with van der Waals surface area (Å²) in [6, 6.07) is 6.76. The van der Waals surface area contributed by atoms with Crippen LogP contribution in [-0.2, 0) is 11.2 Å². The Labute approximate surface area is 127 Å². The Morgan fingerprint density at radius 1 is 1.25 bits per heavy atom.